The van der Waals surface area contributed by atoms with E-state index >= 15 is 0 Å². The van der Waals surface area contributed by atoms with Gasteiger partial charge < -0.3 is 0 Å². The lowest BCUT2D eigenvalue weighted by Gasteiger charge is -2.08. The van der Waals surface area contributed by atoms with E-state index in [4.69, 9.17) is 0 Å². The molecule has 0 rings (SSSR count). The summed E-state index contributed by atoms with van der Waals surface area (Å²) in [4.78, 5) is 12.7. The van der Waals surface area contributed by atoms with E-state index in [2.05, 4.69) is 4.94 Å². The van der Waals surface area contributed by atoms with Gasteiger partial charge in [0.25, 0.3) is 0 Å². The van der Waals surface area contributed by atoms with Crippen molar-refractivity contribution in [3.8, 4) is 0 Å². The first-order valence-electron chi connectivity index (χ1n) is 3.51. The smallest absolute Gasteiger partial charge is 0.255 e. The van der Waals surface area contributed by atoms with Gasteiger partial charge in [0.2, 0.25) is 0 Å². The molecule has 0 saturated heterocycles. The van der Waals surface area contributed by atoms with Crippen LogP contribution in [0.25, 0.3) is 0 Å². The summed E-state index contributed by atoms with van der Waals surface area (Å²) in [5.41, 5.74) is 0. The van der Waals surface area contributed by atoms with Gasteiger partial charge in [0.1, 0.15) is 0 Å². The molecule has 0 aromatic heterocycles. The van der Waals surface area contributed by atoms with E-state index in [1.807, 2.05) is 0 Å². The highest BCUT2D eigenvalue weighted by atomic mass is 19.5. The van der Waals surface area contributed by atoms with Crippen molar-refractivity contribution in [2.75, 3.05) is 0 Å². The minimum Gasteiger partial charge on any atom is -0.255 e. The standard InChI is InChI=1S/C4H7FO2.C2F6/c1-2-3-4(6)7-5;3-1(4,5)2(6,7)8/h2-3H2,1H3;. The van der Waals surface area contributed by atoms with Gasteiger partial charge in [-0.2, -0.15) is 26.3 Å². The number of alkyl halides is 6. The SMILES string of the molecule is CCCC(=O)OF.FC(F)(F)C(F)(F)F. The maximum atomic E-state index is 10.7. The molecule has 0 aliphatic rings. The molecular formula is C6H7F7O2. The summed E-state index contributed by atoms with van der Waals surface area (Å²) >= 11 is 0. The summed E-state index contributed by atoms with van der Waals surface area (Å²) in [6.45, 7) is 1.77. The zero-order valence-electron chi connectivity index (χ0n) is 7.38. The Morgan fingerprint density at radius 3 is 1.47 bits per heavy atom. The second-order valence-electron chi connectivity index (χ2n) is 2.19. The molecule has 0 atom stereocenters. The summed E-state index contributed by atoms with van der Waals surface area (Å²) in [5.74, 6) is -0.789. The molecular weight excluding hydrogens is 237 g/mol. The topological polar surface area (TPSA) is 26.3 Å². The Kier molecular flexibility index (Phi) is 7.07. The lowest BCUT2D eigenvalue weighted by molar-refractivity contribution is -0.339. The summed E-state index contributed by atoms with van der Waals surface area (Å²) in [6.07, 6.45) is -11.3. The van der Waals surface area contributed by atoms with Crippen molar-refractivity contribution < 1.29 is 40.6 Å². The molecule has 0 fully saturated rings. The fraction of sp³-hybridized carbons (Fsp3) is 0.833. The van der Waals surface area contributed by atoms with Crippen molar-refractivity contribution in [1.29, 1.82) is 0 Å². The molecule has 0 N–H and O–H groups in total. The maximum absolute atomic E-state index is 10.7. The van der Waals surface area contributed by atoms with E-state index in [1.165, 1.54) is 0 Å². The average Bonchev–Trinajstić information content (AvgIpc) is 2.02. The number of hydrogen-bond donors (Lipinski definition) is 0. The average molecular weight is 244 g/mol. The molecule has 0 heterocycles. The molecule has 9 heteroatoms. The van der Waals surface area contributed by atoms with Gasteiger partial charge in [0, 0.05) is 10.9 Å². The Morgan fingerprint density at radius 2 is 1.40 bits per heavy atom. The van der Waals surface area contributed by atoms with Crippen LogP contribution in [0.4, 0.5) is 30.9 Å². The second kappa shape index (κ2) is 6.46. The molecule has 2 nitrogen and oxygen atoms in total. The van der Waals surface area contributed by atoms with Gasteiger partial charge in [-0.3, -0.25) is 4.94 Å². The fourth-order valence-corrected chi connectivity index (χ4v) is 0.243. The molecule has 0 spiro atoms. The van der Waals surface area contributed by atoms with Crippen molar-refractivity contribution in [2.45, 2.75) is 32.1 Å². The van der Waals surface area contributed by atoms with Gasteiger partial charge in [-0.1, -0.05) is 6.92 Å². The summed E-state index contributed by atoms with van der Waals surface area (Å²) in [6, 6.07) is 0. The highest BCUT2D eigenvalue weighted by Crippen LogP contribution is 2.35. The molecule has 0 saturated carbocycles. The molecule has 0 aromatic carbocycles. The highest BCUT2D eigenvalue weighted by Gasteiger charge is 2.58. The van der Waals surface area contributed by atoms with E-state index < -0.39 is 18.3 Å². The fourth-order valence-electron chi connectivity index (χ4n) is 0.243. The molecule has 0 aliphatic heterocycles. The van der Waals surface area contributed by atoms with E-state index in [9.17, 15) is 35.7 Å². The number of halogens is 7. The Morgan fingerprint density at radius 1 is 1.07 bits per heavy atom. The number of rotatable bonds is 2. The lowest BCUT2D eigenvalue weighted by Crippen LogP contribution is -2.30. The van der Waals surface area contributed by atoms with Crippen LogP contribution in [0.2, 0.25) is 0 Å². The number of hydrogen-bond acceptors (Lipinski definition) is 2. The third-order valence-corrected chi connectivity index (χ3v) is 0.862. The molecule has 0 bridgehead atoms. The van der Waals surface area contributed by atoms with Crippen molar-refractivity contribution in [1.82, 2.24) is 0 Å². The van der Waals surface area contributed by atoms with Crippen LogP contribution < -0.4 is 0 Å². The third-order valence-electron chi connectivity index (χ3n) is 0.862. The maximum Gasteiger partial charge on any atom is 0.487 e. The van der Waals surface area contributed by atoms with E-state index in [-0.39, 0.29) is 6.42 Å². The van der Waals surface area contributed by atoms with Crippen molar-refractivity contribution >= 4 is 5.97 Å². The zero-order valence-corrected chi connectivity index (χ0v) is 7.38. The van der Waals surface area contributed by atoms with Crippen LogP contribution in [0.3, 0.4) is 0 Å². The van der Waals surface area contributed by atoms with Gasteiger partial charge in [-0.05, 0) is 6.42 Å². The molecule has 0 unspecified atom stereocenters. The largest absolute Gasteiger partial charge is 0.487 e. The lowest BCUT2D eigenvalue weighted by atomic mass is 10.4. The van der Waals surface area contributed by atoms with Gasteiger partial charge in [-0.15, -0.1) is 0 Å². The predicted molar refractivity (Wildman–Crippen MR) is 34.2 cm³/mol. The van der Waals surface area contributed by atoms with Gasteiger partial charge in [0.15, 0.2) is 0 Å². The van der Waals surface area contributed by atoms with Crippen LogP contribution in [0, 0.1) is 0 Å². The Hall–Kier alpha value is -1.02. The second-order valence-corrected chi connectivity index (χ2v) is 2.19. The van der Waals surface area contributed by atoms with Crippen LogP contribution in [-0.2, 0) is 9.74 Å². The minimum atomic E-state index is -6.06. The number of carbonyl (C=O) groups is 1. The van der Waals surface area contributed by atoms with Crippen LogP contribution in [-0.4, -0.2) is 18.3 Å². The van der Waals surface area contributed by atoms with Crippen LogP contribution in [0.15, 0.2) is 0 Å². The minimum absolute atomic E-state index is 0.163. The van der Waals surface area contributed by atoms with Crippen molar-refractivity contribution in [3.05, 3.63) is 0 Å². The summed E-state index contributed by atoms with van der Waals surface area (Å²) < 4.78 is 73.3. The third kappa shape index (κ3) is 9.29. The Labute approximate surface area is 79.9 Å². The molecule has 15 heavy (non-hydrogen) atoms. The van der Waals surface area contributed by atoms with Crippen molar-refractivity contribution in [3.63, 3.8) is 0 Å². The van der Waals surface area contributed by atoms with Crippen molar-refractivity contribution in [2.24, 2.45) is 0 Å². The first-order valence-corrected chi connectivity index (χ1v) is 3.51. The quantitative estimate of drug-likeness (QED) is 0.696. The molecule has 0 aromatic rings. The number of carbonyl (C=O) groups excluding carboxylic acids is 1. The Bertz CT molecular complexity index is 171. The molecule has 0 amide bonds. The molecule has 92 valence electrons. The van der Waals surface area contributed by atoms with E-state index in [0.717, 1.165) is 0 Å². The van der Waals surface area contributed by atoms with Crippen LogP contribution in [0.5, 0.6) is 0 Å². The predicted octanol–water partition coefficient (Wildman–Crippen LogP) is 3.33. The first-order chi connectivity index (χ1) is 6.56. The Balaban J connectivity index is 0. The van der Waals surface area contributed by atoms with Gasteiger partial charge in [-0.25, -0.2) is 4.79 Å². The molecule has 0 radical (unpaired) electrons. The normalized spacial score (nSPS) is 11.5. The molecule has 0 aliphatic carbocycles. The van der Waals surface area contributed by atoms with E-state index in [0.29, 0.717) is 6.42 Å². The zero-order chi connectivity index (χ0) is 12.7. The van der Waals surface area contributed by atoms with Crippen LogP contribution in [0.1, 0.15) is 19.8 Å². The monoisotopic (exact) mass is 244 g/mol. The van der Waals surface area contributed by atoms with Gasteiger partial charge in [0.05, 0.1) is 0 Å². The van der Waals surface area contributed by atoms with E-state index in [1.54, 1.807) is 6.92 Å². The highest BCUT2D eigenvalue weighted by molar-refractivity contribution is 5.68. The summed E-state index contributed by atoms with van der Waals surface area (Å²) in [5, 5.41) is 0. The van der Waals surface area contributed by atoms with Gasteiger partial charge >= 0.3 is 18.3 Å². The summed E-state index contributed by atoms with van der Waals surface area (Å²) in [7, 11) is 0. The van der Waals surface area contributed by atoms with Crippen LogP contribution >= 0.6 is 0 Å². The first kappa shape index (κ1) is 16.4.